The molecule has 0 saturated carbocycles. The standard InChI is InChI=1S/C58H100O14/c1-3-5-7-9-11-13-15-17-19-20-21-22-23-24-25-26-27-28-30-32-34-36-38-40-42-67-44-47(70-50(60)41-39-37-35-33-31-29-18-16-14-12-10-8-6-4-2)45-68-57-56(66)54(64)52(62)49(72-57)46-69-58-55(65)53(63)51(61)48(43-59)71-58/h5,7,11,13,17,19,21-22,24-25,27-28,47-49,51-59,61-66H,3-4,6,8-10,12,14-16,18,20,23,26,29-46H2,1-2H3/b7-5-,13-11-,19-17-,22-21-,25-24-,28-27-. The van der Waals surface area contributed by atoms with Gasteiger partial charge in [-0.05, 0) is 64.2 Å². The predicted octanol–water partition coefficient (Wildman–Crippen LogP) is 9.47. The topological polar surface area (TPSA) is 214 Å². The number of unbranched alkanes of at least 4 members (excludes halogenated alkanes) is 18. The highest BCUT2D eigenvalue weighted by atomic mass is 16.7. The summed E-state index contributed by atoms with van der Waals surface area (Å²) >= 11 is 0. The van der Waals surface area contributed by atoms with Gasteiger partial charge in [0.1, 0.15) is 54.9 Å². The second kappa shape index (κ2) is 44.7. The van der Waals surface area contributed by atoms with Gasteiger partial charge in [-0.25, -0.2) is 0 Å². The van der Waals surface area contributed by atoms with Gasteiger partial charge in [-0.2, -0.15) is 0 Å². The lowest BCUT2D eigenvalue weighted by molar-refractivity contribution is -0.332. The number of hydrogen-bond donors (Lipinski definition) is 7. The molecule has 2 fully saturated rings. The number of allylic oxidation sites excluding steroid dienone is 12. The summed E-state index contributed by atoms with van der Waals surface area (Å²) in [5, 5.41) is 72.3. The van der Waals surface area contributed by atoms with Crippen molar-refractivity contribution in [1.82, 2.24) is 0 Å². The third-order valence-electron chi connectivity index (χ3n) is 13.0. The molecule has 7 N–H and O–H groups in total. The van der Waals surface area contributed by atoms with Crippen molar-refractivity contribution in [2.24, 2.45) is 0 Å². The number of hydrogen-bond acceptors (Lipinski definition) is 14. The Morgan fingerprint density at radius 1 is 0.472 bits per heavy atom. The maximum absolute atomic E-state index is 13.0. The van der Waals surface area contributed by atoms with Crippen molar-refractivity contribution in [3.8, 4) is 0 Å². The summed E-state index contributed by atoms with van der Waals surface area (Å²) < 4.78 is 34.3. The minimum atomic E-state index is -1.71. The molecule has 2 aliphatic heterocycles. The fourth-order valence-electron chi connectivity index (χ4n) is 8.46. The first-order valence-corrected chi connectivity index (χ1v) is 28.0. The average molecular weight is 1020 g/mol. The third-order valence-corrected chi connectivity index (χ3v) is 13.0. The van der Waals surface area contributed by atoms with Crippen LogP contribution in [0.2, 0.25) is 0 Å². The van der Waals surface area contributed by atoms with Gasteiger partial charge in [-0.3, -0.25) is 4.79 Å². The molecule has 0 amide bonds. The van der Waals surface area contributed by atoms with Crippen LogP contribution >= 0.6 is 0 Å². The van der Waals surface area contributed by atoms with E-state index in [9.17, 15) is 40.5 Å². The highest BCUT2D eigenvalue weighted by molar-refractivity contribution is 5.69. The minimum Gasteiger partial charge on any atom is -0.457 e. The fourth-order valence-corrected chi connectivity index (χ4v) is 8.46. The maximum atomic E-state index is 13.0. The lowest BCUT2D eigenvalue weighted by Gasteiger charge is -2.42. The van der Waals surface area contributed by atoms with Crippen LogP contribution in [0.1, 0.15) is 187 Å². The molecule has 2 saturated heterocycles. The van der Waals surface area contributed by atoms with E-state index in [1.165, 1.54) is 64.2 Å². The Bertz CT molecular complexity index is 1460. The van der Waals surface area contributed by atoms with Crippen LogP contribution < -0.4 is 0 Å². The predicted molar refractivity (Wildman–Crippen MR) is 284 cm³/mol. The van der Waals surface area contributed by atoms with E-state index >= 15 is 0 Å². The van der Waals surface area contributed by atoms with Crippen molar-refractivity contribution < 1.29 is 69.0 Å². The molecule has 72 heavy (non-hydrogen) atoms. The monoisotopic (exact) mass is 1020 g/mol. The zero-order chi connectivity index (χ0) is 52.3. The zero-order valence-electron chi connectivity index (χ0n) is 44.4. The number of aliphatic hydroxyl groups excluding tert-OH is 7. The van der Waals surface area contributed by atoms with Crippen molar-refractivity contribution in [2.45, 2.75) is 255 Å². The van der Waals surface area contributed by atoms with Crippen LogP contribution in [0.15, 0.2) is 72.9 Å². The molecule has 2 aliphatic rings. The van der Waals surface area contributed by atoms with E-state index < -0.39 is 80.7 Å². The molecule has 0 radical (unpaired) electrons. The van der Waals surface area contributed by atoms with Crippen LogP contribution in [0.5, 0.6) is 0 Å². The van der Waals surface area contributed by atoms with Crippen LogP contribution in [0.4, 0.5) is 0 Å². The van der Waals surface area contributed by atoms with Gasteiger partial charge >= 0.3 is 5.97 Å². The summed E-state index contributed by atoms with van der Waals surface area (Å²) in [4.78, 5) is 13.0. The van der Waals surface area contributed by atoms with Gasteiger partial charge in [-0.15, -0.1) is 0 Å². The van der Waals surface area contributed by atoms with E-state index in [2.05, 4.69) is 86.8 Å². The second-order valence-electron chi connectivity index (χ2n) is 19.4. The lowest BCUT2D eigenvalue weighted by Crippen LogP contribution is -2.61. The molecule has 11 unspecified atom stereocenters. The van der Waals surface area contributed by atoms with E-state index in [4.69, 9.17) is 28.4 Å². The van der Waals surface area contributed by atoms with Crippen LogP contribution in [0, 0.1) is 0 Å². The summed E-state index contributed by atoms with van der Waals surface area (Å²) in [5.74, 6) is -0.385. The largest absolute Gasteiger partial charge is 0.457 e. The molecule has 0 aliphatic carbocycles. The molecule has 416 valence electrons. The van der Waals surface area contributed by atoms with E-state index in [0.717, 1.165) is 96.3 Å². The lowest BCUT2D eigenvalue weighted by atomic mass is 9.98. The third kappa shape index (κ3) is 31.3. The van der Waals surface area contributed by atoms with E-state index in [1.54, 1.807) is 0 Å². The number of aliphatic hydroxyl groups is 7. The Hall–Kier alpha value is -2.57. The Morgan fingerprint density at radius 2 is 0.903 bits per heavy atom. The number of ether oxygens (including phenoxy) is 6. The van der Waals surface area contributed by atoms with Crippen molar-refractivity contribution >= 4 is 5.97 Å². The molecule has 14 heteroatoms. The van der Waals surface area contributed by atoms with Gasteiger partial charge < -0.3 is 64.2 Å². The van der Waals surface area contributed by atoms with Gasteiger partial charge in [0.05, 0.1) is 26.4 Å². The summed E-state index contributed by atoms with van der Waals surface area (Å²) in [6.45, 7) is 3.53. The van der Waals surface area contributed by atoms with Crippen molar-refractivity contribution in [1.29, 1.82) is 0 Å². The highest BCUT2D eigenvalue weighted by Crippen LogP contribution is 2.26. The maximum Gasteiger partial charge on any atom is 0.306 e. The van der Waals surface area contributed by atoms with Crippen LogP contribution in [0.3, 0.4) is 0 Å². The molecule has 2 rings (SSSR count). The normalized spacial score (nSPS) is 25.7. The molecule has 0 spiro atoms. The van der Waals surface area contributed by atoms with E-state index in [-0.39, 0.29) is 25.6 Å². The molecule has 0 bridgehead atoms. The molecule has 0 aromatic carbocycles. The molecule has 14 nitrogen and oxygen atoms in total. The summed E-state index contributed by atoms with van der Waals surface area (Å²) in [6, 6.07) is 0. The number of carbonyl (C=O) groups excluding carboxylic acids is 1. The zero-order valence-corrected chi connectivity index (χ0v) is 44.4. The number of carbonyl (C=O) groups is 1. The Labute approximate surface area is 434 Å². The summed E-state index contributed by atoms with van der Waals surface area (Å²) in [7, 11) is 0. The minimum absolute atomic E-state index is 0.0464. The van der Waals surface area contributed by atoms with Crippen LogP contribution in [-0.2, 0) is 33.2 Å². The van der Waals surface area contributed by atoms with Crippen molar-refractivity contribution in [3.63, 3.8) is 0 Å². The smallest absolute Gasteiger partial charge is 0.306 e. The Kier molecular flexibility index (Phi) is 40.7. The van der Waals surface area contributed by atoms with Crippen molar-refractivity contribution in [3.05, 3.63) is 72.9 Å². The second-order valence-corrected chi connectivity index (χ2v) is 19.4. The Balaban J connectivity index is 1.73. The van der Waals surface area contributed by atoms with Gasteiger partial charge in [0.25, 0.3) is 0 Å². The van der Waals surface area contributed by atoms with E-state index in [1.807, 2.05) is 0 Å². The SMILES string of the molecule is CC/C=C\C/C=C\C/C=C\C/C=C\C/C=C\C/C=C\CCCCCCCOCC(COC1OC(COC2OC(CO)C(O)C(O)C2O)C(O)C(O)C1O)OC(=O)CCCCCCCCCCCCCCCC. The first-order chi connectivity index (χ1) is 35.1. The molecule has 0 aromatic rings. The number of esters is 1. The first kappa shape index (κ1) is 65.5. The van der Waals surface area contributed by atoms with Crippen LogP contribution in [0.25, 0.3) is 0 Å². The summed E-state index contributed by atoms with van der Waals surface area (Å²) in [6.07, 6.45) is 39.6. The molecule has 0 aromatic heterocycles. The number of rotatable bonds is 44. The Morgan fingerprint density at radius 3 is 1.42 bits per heavy atom. The van der Waals surface area contributed by atoms with Crippen molar-refractivity contribution in [2.75, 3.05) is 33.0 Å². The van der Waals surface area contributed by atoms with Gasteiger partial charge in [-0.1, -0.05) is 189 Å². The molecule has 2 heterocycles. The average Bonchev–Trinajstić information content (AvgIpc) is 3.38. The van der Waals surface area contributed by atoms with Gasteiger partial charge in [0.15, 0.2) is 12.6 Å². The van der Waals surface area contributed by atoms with E-state index in [0.29, 0.717) is 13.0 Å². The quantitative estimate of drug-likeness (QED) is 0.0172. The fraction of sp³-hybridized carbons (Fsp3) is 0.776. The van der Waals surface area contributed by atoms with Gasteiger partial charge in [0.2, 0.25) is 0 Å². The molecular formula is C58H100O14. The molecule has 11 atom stereocenters. The molecular weight excluding hydrogens is 921 g/mol. The van der Waals surface area contributed by atoms with Crippen LogP contribution in [-0.4, -0.2) is 142 Å². The van der Waals surface area contributed by atoms with Gasteiger partial charge in [0, 0.05) is 13.0 Å². The summed E-state index contributed by atoms with van der Waals surface area (Å²) in [5.41, 5.74) is 0. The first-order valence-electron chi connectivity index (χ1n) is 28.0. The highest BCUT2D eigenvalue weighted by Gasteiger charge is 2.47.